The van der Waals surface area contributed by atoms with Gasteiger partial charge in [0, 0.05) is 19.3 Å². The van der Waals surface area contributed by atoms with Crippen LogP contribution in [0.5, 0.6) is 5.88 Å². The number of hydrogen-bond acceptors (Lipinski definition) is 3. The molecular formula is C13H18ClF3N4O. The first-order valence-electron chi connectivity index (χ1n) is 6.76. The third-order valence-electron chi connectivity index (χ3n) is 2.42. The van der Waals surface area contributed by atoms with Crippen LogP contribution in [0.3, 0.4) is 0 Å². The summed E-state index contributed by atoms with van der Waals surface area (Å²) in [6.07, 6.45) is -3.79. The van der Waals surface area contributed by atoms with Gasteiger partial charge in [0.15, 0.2) is 5.96 Å². The molecule has 0 radical (unpaired) electrons. The lowest BCUT2D eigenvalue weighted by Crippen LogP contribution is -2.37. The van der Waals surface area contributed by atoms with E-state index in [1.165, 1.54) is 0 Å². The summed E-state index contributed by atoms with van der Waals surface area (Å²) in [6, 6.07) is 0.788. The Kier molecular flexibility index (Phi) is 7.23. The molecule has 0 aromatic carbocycles. The number of hydrogen-bond donors (Lipinski definition) is 2. The second-order valence-electron chi connectivity index (χ2n) is 4.15. The zero-order chi connectivity index (χ0) is 16.6. The summed E-state index contributed by atoms with van der Waals surface area (Å²) in [6.45, 7) is 5.79. The van der Waals surface area contributed by atoms with Crippen molar-refractivity contribution in [3.05, 3.63) is 22.8 Å². The van der Waals surface area contributed by atoms with Gasteiger partial charge >= 0.3 is 6.18 Å². The molecule has 2 N–H and O–H groups in total. The summed E-state index contributed by atoms with van der Waals surface area (Å²) in [5.41, 5.74) is -0.913. The number of alkyl halides is 3. The molecule has 0 aliphatic rings. The van der Waals surface area contributed by atoms with Gasteiger partial charge in [-0.05, 0) is 19.9 Å². The lowest BCUT2D eigenvalue weighted by atomic mass is 10.3. The van der Waals surface area contributed by atoms with Crippen LogP contribution in [0.4, 0.5) is 13.2 Å². The van der Waals surface area contributed by atoms with Crippen molar-refractivity contribution in [1.29, 1.82) is 0 Å². The molecular weight excluding hydrogens is 321 g/mol. The van der Waals surface area contributed by atoms with Gasteiger partial charge in [-0.15, -0.1) is 0 Å². The highest BCUT2D eigenvalue weighted by Gasteiger charge is 2.31. The van der Waals surface area contributed by atoms with Crippen LogP contribution in [-0.2, 0) is 6.18 Å². The maximum atomic E-state index is 12.5. The van der Waals surface area contributed by atoms with Crippen molar-refractivity contribution >= 4 is 17.6 Å². The molecule has 0 spiro atoms. The molecule has 0 saturated heterocycles. The Hall–Kier alpha value is -1.70. The van der Waals surface area contributed by atoms with E-state index >= 15 is 0 Å². The fraction of sp³-hybridized carbons (Fsp3) is 0.538. The van der Waals surface area contributed by atoms with Crippen LogP contribution >= 0.6 is 11.6 Å². The predicted molar refractivity (Wildman–Crippen MR) is 79.4 cm³/mol. The van der Waals surface area contributed by atoms with E-state index in [2.05, 4.69) is 20.6 Å². The van der Waals surface area contributed by atoms with Crippen LogP contribution < -0.4 is 15.4 Å². The SMILES string of the molecule is CCNC(=NCCOc1ncc(C(F)(F)F)cc1Cl)NCC. The van der Waals surface area contributed by atoms with Gasteiger partial charge in [0.2, 0.25) is 5.88 Å². The highest BCUT2D eigenvalue weighted by Crippen LogP contribution is 2.32. The van der Waals surface area contributed by atoms with E-state index in [1.54, 1.807) is 0 Å². The third kappa shape index (κ3) is 5.97. The molecule has 0 aliphatic heterocycles. The number of rotatable bonds is 6. The molecule has 0 atom stereocenters. The van der Waals surface area contributed by atoms with Crippen molar-refractivity contribution in [1.82, 2.24) is 15.6 Å². The number of guanidine groups is 1. The molecule has 0 amide bonds. The molecule has 1 aromatic rings. The van der Waals surface area contributed by atoms with Crippen LogP contribution in [0.25, 0.3) is 0 Å². The number of halogens is 4. The van der Waals surface area contributed by atoms with E-state index in [0.717, 1.165) is 19.2 Å². The Morgan fingerprint density at radius 3 is 2.45 bits per heavy atom. The fourth-order valence-corrected chi connectivity index (χ4v) is 1.72. The Balaban J connectivity index is 2.56. The summed E-state index contributed by atoms with van der Waals surface area (Å²) in [5, 5.41) is 5.89. The second-order valence-corrected chi connectivity index (χ2v) is 4.56. The number of nitrogens with zero attached hydrogens (tertiary/aromatic N) is 2. The molecule has 5 nitrogen and oxygen atoms in total. The van der Waals surface area contributed by atoms with Crippen LogP contribution in [-0.4, -0.2) is 37.2 Å². The zero-order valence-electron chi connectivity index (χ0n) is 12.3. The molecule has 0 aliphatic carbocycles. The summed E-state index contributed by atoms with van der Waals surface area (Å²) in [4.78, 5) is 7.80. The second kappa shape index (κ2) is 8.67. The van der Waals surface area contributed by atoms with Crippen LogP contribution in [0.1, 0.15) is 19.4 Å². The molecule has 9 heteroatoms. The monoisotopic (exact) mass is 338 g/mol. The number of ether oxygens (including phenoxy) is 1. The summed E-state index contributed by atoms with van der Waals surface area (Å²) < 4.78 is 42.6. The highest BCUT2D eigenvalue weighted by molar-refractivity contribution is 6.31. The van der Waals surface area contributed by atoms with E-state index < -0.39 is 11.7 Å². The molecule has 22 heavy (non-hydrogen) atoms. The average molecular weight is 339 g/mol. The third-order valence-corrected chi connectivity index (χ3v) is 2.69. The van der Waals surface area contributed by atoms with Gasteiger partial charge in [-0.2, -0.15) is 13.2 Å². The molecule has 1 rings (SSSR count). The first kappa shape index (κ1) is 18.3. The Morgan fingerprint density at radius 2 is 1.95 bits per heavy atom. The zero-order valence-corrected chi connectivity index (χ0v) is 13.1. The lowest BCUT2D eigenvalue weighted by Gasteiger charge is -2.11. The van der Waals surface area contributed by atoms with Gasteiger partial charge in [-0.1, -0.05) is 11.6 Å². The van der Waals surface area contributed by atoms with Gasteiger partial charge in [0.25, 0.3) is 0 Å². The summed E-state index contributed by atoms with van der Waals surface area (Å²) >= 11 is 5.73. The van der Waals surface area contributed by atoms with E-state index in [1.807, 2.05) is 13.8 Å². The Labute approximate surface area is 131 Å². The Bertz CT molecular complexity index is 501. The first-order chi connectivity index (χ1) is 10.4. The van der Waals surface area contributed by atoms with E-state index in [-0.39, 0.29) is 17.5 Å². The van der Waals surface area contributed by atoms with Crippen molar-refractivity contribution in [3.63, 3.8) is 0 Å². The quantitative estimate of drug-likeness (QED) is 0.476. The van der Waals surface area contributed by atoms with Crippen molar-refractivity contribution in [2.75, 3.05) is 26.2 Å². The largest absolute Gasteiger partial charge is 0.475 e. The number of nitrogens with one attached hydrogen (secondary N) is 2. The van der Waals surface area contributed by atoms with Gasteiger partial charge in [-0.3, -0.25) is 0 Å². The molecule has 0 unspecified atom stereocenters. The van der Waals surface area contributed by atoms with Gasteiger partial charge in [0.1, 0.15) is 11.6 Å². The first-order valence-corrected chi connectivity index (χ1v) is 7.14. The minimum Gasteiger partial charge on any atom is -0.475 e. The predicted octanol–water partition coefficient (Wildman–Crippen LogP) is 2.71. The van der Waals surface area contributed by atoms with Crippen molar-refractivity contribution < 1.29 is 17.9 Å². The standard InChI is InChI=1S/C13H18ClF3N4O/c1-3-18-12(19-4-2)20-5-6-22-11-10(14)7-9(8-21-11)13(15,16)17/h7-8H,3-6H2,1-2H3,(H2,18,19,20). The molecule has 0 fully saturated rings. The van der Waals surface area contributed by atoms with E-state index in [0.29, 0.717) is 18.7 Å². The maximum Gasteiger partial charge on any atom is 0.417 e. The van der Waals surface area contributed by atoms with Crippen LogP contribution in [0.2, 0.25) is 5.02 Å². The van der Waals surface area contributed by atoms with Gasteiger partial charge < -0.3 is 15.4 Å². The summed E-state index contributed by atoms with van der Waals surface area (Å²) in [7, 11) is 0. The molecule has 0 saturated carbocycles. The van der Waals surface area contributed by atoms with Gasteiger partial charge in [-0.25, -0.2) is 9.98 Å². The molecule has 1 aromatic heterocycles. The average Bonchev–Trinajstić information content (AvgIpc) is 2.44. The van der Waals surface area contributed by atoms with Crippen LogP contribution in [0.15, 0.2) is 17.3 Å². The highest BCUT2D eigenvalue weighted by atomic mass is 35.5. The normalized spacial score (nSPS) is 11.0. The molecule has 0 bridgehead atoms. The van der Waals surface area contributed by atoms with E-state index in [9.17, 15) is 13.2 Å². The summed E-state index contributed by atoms with van der Waals surface area (Å²) in [5.74, 6) is 0.596. The van der Waals surface area contributed by atoms with Crippen molar-refractivity contribution in [2.24, 2.45) is 4.99 Å². The number of aromatic nitrogens is 1. The maximum absolute atomic E-state index is 12.5. The molecule has 124 valence electrons. The minimum absolute atomic E-state index is 0.0432. The van der Waals surface area contributed by atoms with Crippen LogP contribution in [0, 0.1) is 0 Å². The van der Waals surface area contributed by atoms with E-state index in [4.69, 9.17) is 16.3 Å². The lowest BCUT2D eigenvalue weighted by molar-refractivity contribution is -0.137. The van der Waals surface area contributed by atoms with Gasteiger partial charge in [0.05, 0.1) is 12.1 Å². The number of aliphatic imine (C=N–C) groups is 1. The Morgan fingerprint density at radius 1 is 1.32 bits per heavy atom. The minimum atomic E-state index is -4.48. The smallest absolute Gasteiger partial charge is 0.417 e. The molecule has 1 heterocycles. The fourth-order valence-electron chi connectivity index (χ4n) is 1.50. The topological polar surface area (TPSA) is 58.5 Å². The van der Waals surface area contributed by atoms with Crippen molar-refractivity contribution in [2.45, 2.75) is 20.0 Å². The number of pyridine rings is 1. The van der Waals surface area contributed by atoms with Crippen molar-refractivity contribution in [3.8, 4) is 5.88 Å².